The zero-order valence-electron chi connectivity index (χ0n) is 22.3. The van der Waals surface area contributed by atoms with Crippen LogP contribution in [0.3, 0.4) is 0 Å². The van der Waals surface area contributed by atoms with Gasteiger partial charge in [-0.15, -0.1) is 5.10 Å². The van der Waals surface area contributed by atoms with Gasteiger partial charge < -0.3 is 4.98 Å². The Kier molecular flexibility index (Phi) is 7.46. The number of hydrogen-bond acceptors (Lipinski definition) is 6. The molecule has 1 unspecified atom stereocenters. The average Bonchev–Trinajstić information content (AvgIpc) is 3.35. The summed E-state index contributed by atoms with van der Waals surface area (Å²) >= 11 is 0. The third-order valence-electron chi connectivity index (χ3n) is 7.60. The van der Waals surface area contributed by atoms with E-state index in [0.717, 1.165) is 51.8 Å². The van der Waals surface area contributed by atoms with E-state index in [1.165, 1.54) is 19.3 Å². The number of tetrazole rings is 1. The Morgan fingerprint density at radius 3 is 2.65 bits per heavy atom. The van der Waals surface area contributed by atoms with Crippen molar-refractivity contribution in [1.29, 1.82) is 0 Å². The molecule has 5 rings (SSSR count). The highest BCUT2D eigenvalue weighted by molar-refractivity contribution is 5.83. The largest absolute Gasteiger partial charge is 0.322 e. The van der Waals surface area contributed by atoms with Crippen LogP contribution in [0, 0.1) is 19.8 Å². The molecule has 1 N–H and O–H groups in total. The van der Waals surface area contributed by atoms with Crippen molar-refractivity contribution < 1.29 is 0 Å². The van der Waals surface area contributed by atoms with E-state index in [2.05, 4.69) is 81.0 Å². The fraction of sp³-hybridized carbons (Fsp3) is 0.483. The van der Waals surface area contributed by atoms with Crippen LogP contribution in [0.1, 0.15) is 86.1 Å². The maximum absolute atomic E-state index is 13.3. The number of fused-ring (bicyclic) bond motifs is 1. The molecule has 1 fully saturated rings. The van der Waals surface area contributed by atoms with Crippen LogP contribution >= 0.6 is 0 Å². The first kappa shape index (κ1) is 25.3. The quantitative estimate of drug-likeness (QED) is 0.347. The van der Waals surface area contributed by atoms with Crippen molar-refractivity contribution in [3.8, 4) is 0 Å². The second-order valence-corrected chi connectivity index (χ2v) is 10.9. The molecule has 1 aliphatic rings. The minimum atomic E-state index is -0.0636. The third-order valence-corrected chi connectivity index (χ3v) is 7.60. The molecular formula is C29H37N7O. The van der Waals surface area contributed by atoms with Crippen LogP contribution in [0.15, 0.2) is 47.5 Å². The second-order valence-electron chi connectivity index (χ2n) is 10.9. The molecule has 37 heavy (non-hydrogen) atoms. The fourth-order valence-electron chi connectivity index (χ4n) is 5.90. The van der Waals surface area contributed by atoms with Gasteiger partial charge in [-0.3, -0.25) is 14.7 Å². The normalized spacial score (nSPS) is 15.6. The zero-order valence-corrected chi connectivity index (χ0v) is 22.3. The van der Waals surface area contributed by atoms with Gasteiger partial charge >= 0.3 is 0 Å². The predicted molar refractivity (Wildman–Crippen MR) is 145 cm³/mol. The van der Waals surface area contributed by atoms with E-state index in [-0.39, 0.29) is 17.5 Å². The Hall–Kier alpha value is -3.39. The molecule has 3 heterocycles. The van der Waals surface area contributed by atoms with E-state index in [1.807, 2.05) is 18.3 Å². The number of aromatic amines is 1. The van der Waals surface area contributed by atoms with Gasteiger partial charge in [0.2, 0.25) is 0 Å². The van der Waals surface area contributed by atoms with Gasteiger partial charge in [0.1, 0.15) is 0 Å². The second kappa shape index (κ2) is 10.9. The molecule has 1 aromatic carbocycles. The van der Waals surface area contributed by atoms with Crippen molar-refractivity contribution >= 4 is 10.9 Å². The molecule has 4 aromatic rings. The van der Waals surface area contributed by atoms with Gasteiger partial charge in [-0.2, -0.15) is 0 Å². The molecule has 1 aliphatic carbocycles. The van der Waals surface area contributed by atoms with E-state index in [4.69, 9.17) is 0 Å². The van der Waals surface area contributed by atoms with Crippen LogP contribution in [0.25, 0.3) is 10.9 Å². The predicted octanol–water partition coefficient (Wildman–Crippen LogP) is 5.43. The van der Waals surface area contributed by atoms with Gasteiger partial charge in [-0.1, -0.05) is 45.2 Å². The summed E-state index contributed by atoms with van der Waals surface area (Å²) in [5.41, 5.74) is 4.96. The zero-order chi connectivity index (χ0) is 25.9. The lowest BCUT2D eigenvalue weighted by atomic mass is 9.94. The molecule has 0 spiro atoms. The molecule has 8 nitrogen and oxygen atoms in total. The third kappa shape index (κ3) is 5.49. The summed E-state index contributed by atoms with van der Waals surface area (Å²) in [6.07, 6.45) is 9.59. The summed E-state index contributed by atoms with van der Waals surface area (Å²) in [4.78, 5) is 23.1. The van der Waals surface area contributed by atoms with Crippen molar-refractivity contribution in [1.82, 2.24) is 35.1 Å². The number of pyridine rings is 2. The Labute approximate surface area is 218 Å². The Morgan fingerprint density at radius 2 is 1.92 bits per heavy atom. The van der Waals surface area contributed by atoms with Crippen LogP contribution < -0.4 is 5.56 Å². The fourth-order valence-corrected chi connectivity index (χ4v) is 5.90. The smallest absolute Gasteiger partial charge is 0.252 e. The highest BCUT2D eigenvalue weighted by atomic mass is 16.1. The highest BCUT2D eigenvalue weighted by Crippen LogP contribution is 2.34. The number of rotatable bonds is 8. The lowest BCUT2D eigenvalue weighted by Gasteiger charge is -2.35. The Balaban J connectivity index is 1.57. The number of aromatic nitrogens is 6. The lowest BCUT2D eigenvalue weighted by Crippen LogP contribution is -2.36. The first-order valence-electron chi connectivity index (χ1n) is 13.4. The van der Waals surface area contributed by atoms with Crippen molar-refractivity contribution in [3.05, 3.63) is 81.2 Å². The molecule has 0 saturated heterocycles. The lowest BCUT2D eigenvalue weighted by molar-refractivity contribution is 0.121. The number of hydrogen-bond donors (Lipinski definition) is 1. The molecule has 1 atom stereocenters. The highest BCUT2D eigenvalue weighted by Gasteiger charge is 2.32. The first-order valence-corrected chi connectivity index (χ1v) is 13.4. The SMILES string of the molecule is Cc1cc(C)c2cc(CN(Cc3cccnc3)C(c3nnnn3C3CCCCC3)C(C)C)c(=O)[nH]c2c1. The molecular weight excluding hydrogens is 462 g/mol. The number of nitrogens with zero attached hydrogens (tertiary/aromatic N) is 6. The van der Waals surface area contributed by atoms with Crippen LogP contribution in [0.4, 0.5) is 0 Å². The van der Waals surface area contributed by atoms with Crippen molar-refractivity contribution in [3.63, 3.8) is 0 Å². The van der Waals surface area contributed by atoms with Crippen molar-refractivity contribution in [2.45, 2.75) is 85.0 Å². The molecule has 1 saturated carbocycles. The summed E-state index contributed by atoms with van der Waals surface area (Å²) in [5.74, 6) is 1.11. The maximum Gasteiger partial charge on any atom is 0.252 e. The van der Waals surface area contributed by atoms with Crippen LogP contribution in [-0.4, -0.2) is 35.1 Å². The van der Waals surface area contributed by atoms with Crippen LogP contribution in [-0.2, 0) is 13.1 Å². The molecule has 0 aliphatic heterocycles. The van der Waals surface area contributed by atoms with E-state index in [0.29, 0.717) is 19.1 Å². The van der Waals surface area contributed by atoms with E-state index < -0.39 is 0 Å². The van der Waals surface area contributed by atoms with Crippen molar-refractivity contribution in [2.24, 2.45) is 5.92 Å². The molecule has 194 valence electrons. The van der Waals surface area contributed by atoms with E-state index >= 15 is 0 Å². The standard InChI is InChI=1S/C29H37N7O/c1-19(2)27(28-32-33-34-36(28)24-10-6-5-7-11-24)35(17-22-9-8-12-30-16-22)18-23-15-25-21(4)13-20(3)14-26(25)31-29(23)37/h8-9,12-16,19,24,27H,5-7,10-11,17-18H2,1-4H3,(H,31,37). The van der Waals surface area contributed by atoms with Gasteiger partial charge in [-0.25, -0.2) is 4.68 Å². The molecule has 8 heteroatoms. The van der Waals surface area contributed by atoms with Gasteiger partial charge in [0, 0.05) is 41.9 Å². The van der Waals surface area contributed by atoms with Gasteiger partial charge in [-0.05, 0) is 77.9 Å². The summed E-state index contributed by atoms with van der Waals surface area (Å²) in [6.45, 7) is 9.68. The van der Waals surface area contributed by atoms with E-state index in [9.17, 15) is 4.79 Å². The summed E-state index contributed by atoms with van der Waals surface area (Å²) in [6, 6.07) is 10.6. The number of nitrogens with one attached hydrogen (secondary N) is 1. The topological polar surface area (TPSA) is 92.6 Å². The summed E-state index contributed by atoms with van der Waals surface area (Å²) in [7, 11) is 0. The number of benzene rings is 1. The molecule has 0 bridgehead atoms. The van der Waals surface area contributed by atoms with Crippen molar-refractivity contribution in [2.75, 3.05) is 0 Å². The Morgan fingerprint density at radius 1 is 1.11 bits per heavy atom. The van der Waals surface area contributed by atoms with Gasteiger partial charge in [0.15, 0.2) is 5.82 Å². The van der Waals surface area contributed by atoms with E-state index in [1.54, 1.807) is 6.20 Å². The van der Waals surface area contributed by atoms with Gasteiger partial charge in [0.05, 0.1) is 12.1 Å². The van der Waals surface area contributed by atoms with Crippen LogP contribution in [0.2, 0.25) is 0 Å². The summed E-state index contributed by atoms with van der Waals surface area (Å²) in [5, 5.41) is 14.2. The molecule has 3 aromatic heterocycles. The molecule has 0 amide bonds. The maximum atomic E-state index is 13.3. The summed E-state index contributed by atoms with van der Waals surface area (Å²) < 4.78 is 2.07. The first-order chi connectivity index (χ1) is 17.9. The average molecular weight is 500 g/mol. The van der Waals surface area contributed by atoms with Gasteiger partial charge in [0.25, 0.3) is 5.56 Å². The number of H-pyrrole nitrogens is 1. The molecule has 0 radical (unpaired) electrons. The monoisotopic (exact) mass is 499 g/mol. The van der Waals surface area contributed by atoms with Crippen LogP contribution in [0.5, 0.6) is 0 Å². The Bertz CT molecular complexity index is 1400. The minimum Gasteiger partial charge on any atom is -0.322 e. The number of aryl methyl sites for hydroxylation is 2. The minimum absolute atomic E-state index is 0.0527.